The lowest BCUT2D eigenvalue weighted by atomic mass is 10.1. The molecule has 0 bridgehead atoms. The summed E-state index contributed by atoms with van der Waals surface area (Å²) in [4.78, 5) is 26.3. The molecule has 0 saturated heterocycles. The number of ether oxygens (including phenoxy) is 1. The van der Waals surface area contributed by atoms with Crippen LogP contribution < -0.4 is 20.6 Å². The van der Waals surface area contributed by atoms with Gasteiger partial charge in [0, 0.05) is 30.1 Å². The summed E-state index contributed by atoms with van der Waals surface area (Å²) < 4.78 is 11.2. The molecule has 4 rings (SSSR count). The maximum Gasteiger partial charge on any atom is 0.336 e. The number of anilines is 1. The minimum absolute atomic E-state index is 0.199. The standard InChI is InChI=1S/C21H19ClN2O4/c1-12-7-18-14(9-15(12)22)13(8-20(25)28-18)10-24-11-19(21(26)23-2)27-17-6-4-3-5-16(17)24/h3-9,19H,10-11H2,1-2H3,(H,23,26)/t19-/m1/s1. The normalized spacial score (nSPS) is 15.8. The fourth-order valence-corrected chi connectivity index (χ4v) is 3.60. The first-order chi connectivity index (χ1) is 13.5. The number of nitrogens with zero attached hydrogens (tertiary/aromatic N) is 1. The largest absolute Gasteiger partial charge is 0.477 e. The van der Waals surface area contributed by atoms with Crippen molar-refractivity contribution in [3.8, 4) is 5.75 Å². The van der Waals surface area contributed by atoms with Crippen molar-refractivity contribution in [2.24, 2.45) is 0 Å². The predicted molar refractivity (Wildman–Crippen MR) is 108 cm³/mol. The van der Waals surface area contributed by atoms with Crippen LogP contribution in [0.25, 0.3) is 11.0 Å². The molecule has 0 spiro atoms. The van der Waals surface area contributed by atoms with E-state index < -0.39 is 11.7 Å². The van der Waals surface area contributed by atoms with Crippen LogP contribution in [0.1, 0.15) is 11.1 Å². The van der Waals surface area contributed by atoms with Crippen LogP contribution in [0.5, 0.6) is 5.75 Å². The third-order valence-corrected chi connectivity index (χ3v) is 5.28. The van der Waals surface area contributed by atoms with Gasteiger partial charge in [-0.05, 0) is 42.3 Å². The van der Waals surface area contributed by atoms with Gasteiger partial charge in [-0.25, -0.2) is 4.79 Å². The van der Waals surface area contributed by atoms with E-state index in [9.17, 15) is 9.59 Å². The van der Waals surface area contributed by atoms with Gasteiger partial charge in [0.05, 0.1) is 12.2 Å². The molecule has 1 aliphatic heterocycles. The average Bonchev–Trinajstić information content (AvgIpc) is 2.68. The smallest absolute Gasteiger partial charge is 0.336 e. The number of para-hydroxylation sites is 2. The van der Waals surface area contributed by atoms with Gasteiger partial charge in [-0.15, -0.1) is 0 Å². The lowest BCUT2D eigenvalue weighted by Gasteiger charge is -2.35. The lowest BCUT2D eigenvalue weighted by molar-refractivity contribution is -0.127. The number of hydrogen-bond acceptors (Lipinski definition) is 5. The maximum atomic E-state index is 12.2. The van der Waals surface area contributed by atoms with Crippen molar-refractivity contribution in [2.75, 3.05) is 18.5 Å². The summed E-state index contributed by atoms with van der Waals surface area (Å²) in [7, 11) is 1.58. The van der Waals surface area contributed by atoms with Crippen LogP contribution in [0.2, 0.25) is 5.02 Å². The third kappa shape index (κ3) is 3.31. The molecule has 144 valence electrons. The van der Waals surface area contributed by atoms with Gasteiger partial charge in [0.2, 0.25) is 0 Å². The molecule has 1 aliphatic rings. The van der Waals surface area contributed by atoms with Gasteiger partial charge in [-0.3, -0.25) is 4.79 Å². The molecule has 2 heterocycles. The monoisotopic (exact) mass is 398 g/mol. The van der Waals surface area contributed by atoms with E-state index in [1.807, 2.05) is 42.2 Å². The maximum absolute atomic E-state index is 12.2. The van der Waals surface area contributed by atoms with Gasteiger partial charge in [0.15, 0.2) is 6.10 Å². The van der Waals surface area contributed by atoms with Crippen LogP contribution in [-0.2, 0) is 11.3 Å². The minimum Gasteiger partial charge on any atom is -0.477 e. The van der Waals surface area contributed by atoms with Crippen molar-refractivity contribution in [3.63, 3.8) is 0 Å². The Hall–Kier alpha value is -2.99. The van der Waals surface area contributed by atoms with Crippen molar-refractivity contribution < 1.29 is 13.9 Å². The zero-order chi connectivity index (χ0) is 19.8. The number of fused-ring (bicyclic) bond motifs is 2. The summed E-state index contributed by atoms with van der Waals surface area (Å²) in [6, 6.07) is 12.6. The highest BCUT2D eigenvalue weighted by Gasteiger charge is 2.30. The van der Waals surface area contributed by atoms with Gasteiger partial charge >= 0.3 is 5.63 Å². The van der Waals surface area contributed by atoms with Crippen LogP contribution in [0.3, 0.4) is 0 Å². The molecule has 1 amide bonds. The zero-order valence-electron chi connectivity index (χ0n) is 15.5. The summed E-state index contributed by atoms with van der Waals surface area (Å²) >= 11 is 6.30. The Kier molecular flexibility index (Phi) is 4.73. The first-order valence-electron chi connectivity index (χ1n) is 8.91. The van der Waals surface area contributed by atoms with E-state index in [-0.39, 0.29) is 5.91 Å². The molecule has 1 aromatic heterocycles. The van der Waals surface area contributed by atoms with E-state index >= 15 is 0 Å². The highest BCUT2D eigenvalue weighted by Crippen LogP contribution is 2.35. The molecular weight excluding hydrogens is 380 g/mol. The van der Waals surface area contributed by atoms with Gasteiger partial charge < -0.3 is 19.4 Å². The Labute approximate surface area is 166 Å². The SMILES string of the molecule is CNC(=O)[C@H]1CN(Cc2cc(=O)oc3cc(C)c(Cl)cc23)c2ccccc2O1. The Morgan fingerprint density at radius 1 is 1.29 bits per heavy atom. The van der Waals surface area contributed by atoms with Crippen LogP contribution in [0.4, 0.5) is 5.69 Å². The Balaban J connectivity index is 1.79. The number of benzene rings is 2. The topological polar surface area (TPSA) is 71.8 Å². The van der Waals surface area contributed by atoms with Crippen molar-refractivity contribution in [2.45, 2.75) is 19.6 Å². The van der Waals surface area contributed by atoms with Crippen molar-refractivity contribution in [1.29, 1.82) is 0 Å². The molecule has 1 N–H and O–H groups in total. The second kappa shape index (κ2) is 7.20. The summed E-state index contributed by atoms with van der Waals surface area (Å²) in [5, 5.41) is 4.01. The summed E-state index contributed by atoms with van der Waals surface area (Å²) in [5.41, 5.74) is 2.55. The number of likely N-dealkylation sites (N-methyl/N-ethyl adjacent to an activating group) is 1. The number of rotatable bonds is 3. The molecule has 7 heteroatoms. The molecule has 0 saturated carbocycles. The molecular formula is C21H19ClN2O4. The molecule has 0 fully saturated rings. The number of halogens is 1. The van der Waals surface area contributed by atoms with Gasteiger partial charge in [0.1, 0.15) is 11.3 Å². The van der Waals surface area contributed by atoms with E-state index in [1.54, 1.807) is 13.1 Å². The molecule has 0 radical (unpaired) electrons. The average molecular weight is 399 g/mol. The fraction of sp³-hybridized carbons (Fsp3) is 0.238. The van der Waals surface area contributed by atoms with Crippen LogP contribution in [0.15, 0.2) is 51.7 Å². The van der Waals surface area contributed by atoms with Crippen molar-refractivity contribution >= 4 is 34.2 Å². The zero-order valence-corrected chi connectivity index (χ0v) is 16.2. The summed E-state index contributed by atoms with van der Waals surface area (Å²) in [6.07, 6.45) is -0.642. The second-order valence-electron chi connectivity index (χ2n) is 6.76. The Morgan fingerprint density at radius 3 is 2.86 bits per heavy atom. The third-order valence-electron chi connectivity index (χ3n) is 4.87. The first kappa shape index (κ1) is 18.4. The van der Waals surface area contributed by atoms with E-state index in [0.29, 0.717) is 29.4 Å². The van der Waals surface area contributed by atoms with E-state index in [4.69, 9.17) is 20.8 Å². The van der Waals surface area contributed by atoms with Crippen LogP contribution in [-0.4, -0.2) is 25.6 Å². The van der Waals surface area contributed by atoms with E-state index in [0.717, 1.165) is 22.2 Å². The number of carbonyl (C=O) groups is 1. The number of carbonyl (C=O) groups excluding carboxylic acids is 1. The number of aryl methyl sites for hydroxylation is 1. The lowest BCUT2D eigenvalue weighted by Crippen LogP contribution is -2.48. The first-order valence-corrected chi connectivity index (χ1v) is 9.29. The van der Waals surface area contributed by atoms with Crippen LogP contribution in [0, 0.1) is 6.92 Å². The minimum atomic E-state index is -0.642. The summed E-state index contributed by atoms with van der Waals surface area (Å²) in [5.74, 6) is 0.430. The predicted octanol–water partition coefficient (Wildman–Crippen LogP) is 3.27. The fourth-order valence-electron chi connectivity index (χ4n) is 3.44. The molecule has 3 aromatic rings. The van der Waals surface area contributed by atoms with Gasteiger partial charge in [-0.2, -0.15) is 0 Å². The van der Waals surface area contributed by atoms with Gasteiger partial charge in [-0.1, -0.05) is 23.7 Å². The molecule has 6 nitrogen and oxygen atoms in total. The van der Waals surface area contributed by atoms with Crippen LogP contribution >= 0.6 is 11.6 Å². The quantitative estimate of drug-likeness (QED) is 0.685. The number of hydrogen-bond donors (Lipinski definition) is 1. The summed E-state index contributed by atoms with van der Waals surface area (Å²) in [6.45, 7) is 2.63. The van der Waals surface area contributed by atoms with E-state index in [1.165, 1.54) is 6.07 Å². The highest BCUT2D eigenvalue weighted by atomic mass is 35.5. The molecule has 0 unspecified atom stereocenters. The Morgan fingerprint density at radius 2 is 2.07 bits per heavy atom. The molecule has 2 aromatic carbocycles. The van der Waals surface area contributed by atoms with Gasteiger partial charge in [0.25, 0.3) is 5.91 Å². The number of nitrogens with one attached hydrogen (secondary N) is 1. The molecule has 1 atom stereocenters. The van der Waals surface area contributed by atoms with Crippen molar-refractivity contribution in [3.05, 3.63) is 69.0 Å². The highest BCUT2D eigenvalue weighted by molar-refractivity contribution is 6.32. The number of amides is 1. The molecule has 0 aliphatic carbocycles. The second-order valence-corrected chi connectivity index (χ2v) is 7.16. The van der Waals surface area contributed by atoms with Crippen molar-refractivity contribution in [1.82, 2.24) is 5.32 Å². The van der Waals surface area contributed by atoms with E-state index in [2.05, 4.69) is 5.32 Å². The molecule has 28 heavy (non-hydrogen) atoms. The Bertz CT molecular complexity index is 1130.